The molecule has 0 aliphatic carbocycles. The van der Waals surface area contributed by atoms with Gasteiger partial charge in [0.25, 0.3) is 5.91 Å². The van der Waals surface area contributed by atoms with Crippen LogP contribution in [-0.2, 0) is 14.3 Å². The maximum Gasteiger partial charge on any atom is 0.332 e. The van der Waals surface area contributed by atoms with Gasteiger partial charge in [0.05, 0.1) is 18.7 Å². The van der Waals surface area contributed by atoms with E-state index in [1.807, 2.05) is 13.0 Å². The zero-order valence-corrected chi connectivity index (χ0v) is 16.2. The molecule has 152 valence electrons. The number of carbonyl (C=O) groups is 3. The van der Waals surface area contributed by atoms with E-state index < -0.39 is 29.7 Å². The Bertz CT molecular complexity index is 916. The molecular formula is C21H22FN3O4. The summed E-state index contributed by atoms with van der Waals surface area (Å²) in [6.45, 7) is 2.28. The molecular weight excluding hydrogens is 377 g/mol. The first kappa shape index (κ1) is 20.5. The number of benzene rings is 2. The molecule has 1 heterocycles. The van der Waals surface area contributed by atoms with Crippen molar-refractivity contribution in [2.45, 2.75) is 19.4 Å². The summed E-state index contributed by atoms with van der Waals surface area (Å²) < 4.78 is 18.1. The quantitative estimate of drug-likeness (QED) is 0.726. The summed E-state index contributed by atoms with van der Waals surface area (Å²) in [5.74, 6) is -1.33. The zero-order valence-electron chi connectivity index (χ0n) is 16.2. The van der Waals surface area contributed by atoms with Crippen LogP contribution in [0.15, 0.2) is 48.5 Å². The molecule has 2 aromatic rings. The van der Waals surface area contributed by atoms with Gasteiger partial charge in [-0.2, -0.15) is 0 Å². The normalized spacial score (nSPS) is 16.4. The van der Waals surface area contributed by atoms with Crippen LogP contribution in [0.3, 0.4) is 0 Å². The van der Waals surface area contributed by atoms with Gasteiger partial charge in [-0.05, 0) is 48.9 Å². The third-order valence-corrected chi connectivity index (χ3v) is 4.62. The lowest BCUT2D eigenvalue weighted by Crippen LogP contribution is -2.39. The topological polar surface area (TPSA) is 79.0 Å². The molecule has 0 aromatic heterocycles. The van der Waals surface area contributed by atoms with Crippen molar-refractivity contribution in [1.29, 1.82) is 0 Å². The third kappa shape index (κ3) is 4.60. The number of halogens is 1. The minimum atomic E-state index is -0.946. The van der Waals surface area contributed by atoms with E-state index in [0.717, 1.165) is 10.5 Å². The minimum Gasteiger partial charge on any atom is -0.383 e. The highest BCUT2D eigenvalue weighted by atomic mass is 19.1. The number of methoxy groups -OCH3 is 1. The predicted molar refractivity (Wildman–Crippen MR) is 106 cm³/mol. The molecule has 1 N–H and O–H groups in total. The molecule has 1 fully saturated rings. The Hall–Kier alpha value is -3.26. The van der Waals surface area contributed by atoms with Crippen molar-refractivity contribution >= 4 is 29.2 Å². The number of amides is 4. The highest BCUT2D eigenvalue weighted by Gasteiger charge is 2.46. The number of urea groups is 1. The van der Waals surface area contributed by atoms with Crippen molar-refractivity contribution in [1.82, 2.24) is 4.90 Å². The van der Waals surface area contributed by atoms with Gasteiger partial charge in [0.1, 0.15) is 11.9 Å². The molecule has 0 saturated carbocycles. The van der Waals surface area contributed by atoms with Gasteiger partial charge >= 0.3 is 6.03 Å². The molecule has 0 bridgehead atoms. The summed E-state index contributed by atoms with van der Waals surface area (Å²) in [6, 6.07) is 10.9. The number of imide groups is 1. The first-order valence-electron chi connectivity index (χ1n) is 9.16. The first-order valence-corrected chi connectivity index (χ1v) is 9.16. The summed E-state index contributed by atoms with van der Waals surface area (Å²) >= 11 is 0. The van der Waals surface area contributed by atoms with Crippen LogP contribution >= 0.6 is 0 Å². The van der Waals surface area contributed by atoms with Crippen LogP contribution in [0.2, 0.25) is 0 Å². The number of nitrogens with one attached hydrogen (secondary N) is 1. The smallest absolute Gasteiger partial charge is 0.332 e. The monoisotopic (exact) mass is 399 g/mol. The van der Waals surface area contributed by atoms with E-state index in [1.54, 1.807) is 18.2 Å². The third-order valence-electron chi connectivity index (χ3n) is 4.62. The van der Waals surface area contributed by atoms with Crippen molar-refractivity contribution in [3.05, 3.63) is 59.9 Å². The second kappa shape index (κ2) is 8.83. The van der Waals surface area contributed by atoms with E-state index in [0.29, 0.717) is 11.4 Å². The van der Waals surface area contributed by atoms with E-state index in [2.05, 4.69) is 5.32 Å². The average Bonchev–Trinajstić information content (AvgIpc) is 2.91. The highest BCUT2D eigenvalue weighted by molar-refractivity contribution is 6.22. The Labute approximate surface area is 168 Å². The van der Waals surface area contributed by atoms with Gasteiger partial charge in [0, 0.05) is 19.3 Å². The molecule has 0 spiro atoms. The molecule has 1 aliphatic heterocycles. The lowest BCUT2D eigenvalue weighted by Gasteiger charge is -2.21. The van der Waals surface area contributed by atoms with Crippen LogP contribution in [0, 0.1) is 12.7 Å². The van der Waals surface area contributed by atoms with Crippen molar-refractivity contribution < 1.29 is 23.5 Å². The van der Waals surface area contributed by atoms with E-state index in [9.17, 15) is 18.8 Å². The fourth-order valence-electron chi connectivity index (χ4n) is 3.20. The van der Waals surface area contributed by atoms with E-state index in [1.165, 1.54) is 36.3 Å². The zero-order chi connectivity index (χ0) is 21.0. The standard InChI is InChI=1S/C21H22FN3O4/c1-14-4-3-5-17(12-14)25-20(27)18(24(21(25)28)10-11-29-2)13-19(26)23-16-8-6-15(22)7-9-16/h3-9,12,18H,10-11,13H2,1-2H3,(H,23,26)/t18-/m0/s1. The van der Waals surface area contributed by atoms with Gasteiger partial charge < -0.3 is 15.0 Å². The van der Waals surface area contributed by atoms with Crippen LogP contribution in [-0.4, -0.2) is 49.0 Å². The number of hydrogen-bond donors (Lipinski definition) is 1. The number of anilines is 2. The van der Waals surface area contributed by atoms with Gasteiger partial charge in [-0.25, -0.2) is 14.1 Å². The molecule has 8 heteroatoms. The largest absolute Gasteiger partial charge is 0.383 e. The molecule has 3 rings (SSSR count). The molecule has 2 aromatic carbocycles. The number of aryl methyl sites for hydroxylation is 1. The van der Waals surface area contributed by atoms with Crippen molar-refractivity contribution in [2.24, 2.45) is 0 Å². The van der Waals surface area contributed by atoms with Crippen LogP contribution in [0.25, 0.3) is 0 Å². The summed E-state index contributed by atoms with van der Waals surface area (Å²) in [5.41, 5.74) is 1.78. The van der Waals surface area contributed by atoms with E-state index in [4.69, 9.17) is 4.74 Å². The Morgan fingerprint density at radius 3 is 2.55 bits per heavy atom. The number of rotatable bonds is 7. The van der Waals surface area contributed by atoms with Gasteiger partial charge in [-0.15, -0.1) is 0 Å². The Balaban J connectivity index is 1.80. The summed E-state index contributed by atoms with van der Waals surface area (Å²) in [5, 5.41) is 2.63. The SMILES string of the molecule is COCCN1C(=O)N(c2cccc(C)c2)C(=O)[C@@H]1CC(=O)Nc1ccc(F)cc1. The van der Waals surface area contributed by atoms with Crippen molar-refractivity contribution in [2.75, 3.05) is 30.5 Å². The first-order chi connectivity index (χ1) is 13.9. The summed E-state index contributed by atoms with van der Waals surface area (Å²) in [7, 11) is 1.50. The van der Waals surface area contributed by atoms with E-state index >= 15 is 0 Å². The van der Waals surface area contributed by atoms with Crippen LogP contribution in [0.1, 0.15) is 12.0 Å². The molecule has 0 unspecified atom stereocenters. The second-order valence-electron chi connectivity index (χ2n) is 6.76. The average molecular weight is 399 g/mol. The van der Waals surface area contributed by atoms with E-state index in [-0.39, 0.29) is 19.6 Å². The molecule has 1 atom stereocenters. The predicted octanol–water partition coefficient (Wildman–Crippen LogP) is 2.95. The molecule has 0 radical (unpaired) electrons. The molecule has 1 saturated heterocycles. The minimum absolute atomic E-state index is 0.178. The molecule has 29 heavy (non-hydrogen) atoms. The van der Waals surface area contributed by atoms with Crippen molar-refractivity contribution in [3.63, 3.8) is 0 Å². The molecule has 7 nitrogen and oxygen atoms in total. The Morgan fingerprint density at radius 2 is 1.90 bits per heavy atom. The van der Waals surface area contributed by atoms with Gasteiger partial charge in [0.15, 0.2) is 0 Å². The molecule has 4 amide bonds. The molecule has 1 aliphatic rings. The lowest BCUT2D eigenvalue weighted by molar-refractivity contribution is -0.124. The van der Waals surface area contributed by atoms with Crippen LogP contribution in [0.4, 0.5) is 20.6 Å². The maximum atomic E-state index is 13.0. The Morgan fingerprint density at radius 1 is 1.17 bits per heavy atom. The number of nitrogens with zero attached hydrogens (tertiary/aromatic N) is 2. The van der Waals surface area contributed by atoms with Gasteiger partial charge in [-0.1, -0.05) is 12.1 Å². The highest BCUT2D eigenvalue weighted by Crippen LogP contribution is 2.27. The summed E-state index contributed by atoms with van der Waals surface area (Å²) in [4.78, 5) is 40.9. The fraction of sp³-hybridized carbons (Fsp3) is 0.286. The number of ether oxygens (including phenoxy) is 1. The fourth-order valence-corrected chi connectivity index (χ4v) is 3.20. The number of hydrogen-bond acceptors (Lipinski definition) is 4. The van der Waals surface area contributed by atoms with Crippen LogP contribution < -0.4 is 10.2 Å². The summed E-state index contributed by atoms with van der Waals surface area (Å²) in [6.07, 6.45) is -0.214. The van der Waals surface area contributed by atoms with Crippen molar-refractivity contribution in [3.8, 4) is 0 Å². The van der Waals surface area contributed by atoms with Crippen LogP contribution in [0.5, 0.6) is 0 Å². The number of carbonyl (C=O) groups excluding carboxylic acids is 3. The lowest BCUT2D eigenvalue weighted by atomic mass is 10.1. The van der Waals surface area contributed by atoms with Gasteiger partial charge in [0.2, 0.25) is 5.91 Å². The second-order valence-corrected chi connectivity index (χ2v) is 6.76. The van der Waals surface area contributed by atoms with Gasteiger partial charge in [-0.3, -0.25) is 9.59 Å². The maximum absolute atomic E-state index is 13.0. The Kier molecular flexibility index (Phi) is 6.23.